The molecule has 2 aliphatic rings. The average molecular weight is 280 g/mol. The summed E-state index contributed by atoms with van der Waals surface area (Å²) in [4.78, 5) is 14.9. The van der Waals surface area contributed by atoms with Crippen molar-refractivity contribution in [2.75, 3.05) is 19.6 Å². The first kappa shape index (κ1) is 15.8. The fraction of sp³-hybridized carbons (Fsp3) is 0.941. The minimum atomic E-state index is 0.294. The van der Waals surface area contributed by atoms with Crippen LogP contribution in [0.15, 0.2) is 0 Å². The van der Waals surface area contributed by atoms with E-state index < -0.39 is 0 Å². The molecule has 2 rings (SSSR count). The van der Waals surface area contributed by atoms with E-state index in [0.717, 1.165) is 19.4 Å². The summed E-state index contributed by atoms with van der Waals surface area (Å²) in [5.74, 6) is 1.31. The van der Waals surface area contributed by atoms with E-state index in [2.05, 4.69) is 24.1 Å². The number of carbonyl (C=O) groups excluding carboxylic acids is 1. The molecule has 3 nitrogen and oxygen atoms in total. The molecule has 0 aromatic heterocycles. The molecule has 0 aromatic rings. The molecule has 3 heteroatoms. The Morgan fingerprint density at radius 2 is 1.75 bits per heavy atom. The SMILES string of the molecule is CC(C)CC(CNC(=O)C1CCCCC1)N1CCCC1. The standard InChI is InChI=1S/C17H32N2O/c1-14(2)12-16(19-10-6-7-11-19)13-18-17(20)15-8-4-3-5-9-15/h14-16H,3-13H2,1-2H3,(H,18,20). The first-order valence-corrected chi connectivity index (χ1v) is 8.68. The number of carbonyl (C=O) groups is 1. The summed E-state index contributed by atoms with van der Waals surface area (Å²) >= 11 is 0. The largest absolute Gasteiger partial charge is 0.354 e. The van der Waals surface area contributed by atoms with Crippen molar-refractivity contribution in [2.45, 2.75) is 71.3 Å². The zero-order valence-corrected chi connectivity index (χ0v) is 13.4. The summed E-state index contributed by atoms with van der Waals surface area (Å²) in [6.45, 7) is 7.86. The molecule has 116 valence electrons. The number of rotatable bonds is 6. The van der Waals surface area contributed by atoms with E-state index in [-0.39, 0.29) is 0 Å². The van der Waals surface area contributed by atoms with Crippen molar-refractivity contribution in [3.63, 3.8) is 0 Å². The van der Waals surface area contributed by atoms with E-state index in [0.29, 0.717) is 23.8 Å². The lowest BCUT2D eigenvalue weighted by molar-refractivity contribution is -0.126. The Hall–Kier alpha value is -0.570. The van der Waals surface area contributed by atoms with Gasteiger partial charge in [-0.05, 0) is 51.1 Å². The summed E-state index contributed by atoms with van der Waals surface area (Å²) in [6.07, 6.45) is 9.84. The second kappa shape index (κ2) is 8.02. The van der Waals surface area contributed by atoms with Crippen LogP contribution in [-0.4, -0.2) is 36.5 Å². The summed E-state index contributed by atoms with van der Waals surface area (Å²) in [6, 6.07) is 0.546. The van der Waals surface area contributed by atoms with Crippen molar-refractivity contribution < 1.29 is 4.79 Å². The average Bonchev–Trinajstić information content (AvgIpc) is 2.97. The van der Waals surface area contributed by atoms with Gasteiger partial charge in [0.2, 0.25) is 5.91 Å². The van der Waals surface area contributed by atoms with Crippen molar-refractivity contribution in [1.29, 1.82) is 0 Å². The second-order valence-corrected chi connectivity index (χ2v) is 7.11. The molecule has 1 saturated carbocycles. The number of hydrogen-bond donors (Lipinski definition) is 1. The van der Waals surface area contributed by atoms with E-state index in [4.69, 9.17) is 0 Å². The van der Waals surface area contributed by atoms with Gasteiger partial charge in [0.25, 0.3) is 0 Å². The van der Waals surface area contributed by atoms with E-state index in [9.17, 15) is 4.79 Å². The van der Waals surface area contributed by atoms with Crippen LogP contribution in [0.1, 0.15) is 65.2 Å². The molecule has 0 radical (unpaired) electrons. The van der Waals surface area contributed by atoms with Gasteiger partial charge >= 0.3 is 0 Å². The Bertz CT molecular complexity index is 291. The highest BCUT2D eigenvalue weighted by molar-refractivity contribution is 5.78. The quantitative estimate of drug-likeness (QED) is 0.810. The Balaban J connectivity index is 1.79. The van der Waals surface area contributed by atoms with Gasteiger partial charge in [-0.3, -0.25) is 9.69 Å². The van der Waals surface area contributed by atoms with Crippen molar-refractivity contribution in [2.24, 2.45) is 11.8 Å². The van der Waals surface area contributed by atoms with Crippen molar-refractivity contribution in [3.8, 4) is 0 Å². The first-order chi connectivity index (χ1) is 9.66. The van der Waals surface area contributed by atoms with Crippen molar-refractivity contribution in [1.82, 2.24) is 10.2 Å². The monoisotopic (exact) mass is 280 g/mol. The van der Waals surface area contributed by atoms with Crippen LogP contribution >= 0.6 is 0 Å². The number of amides is 1. The number of nitrogens with one attached hydrogen (secondary N) is 1. The van der Waals surface area contributed by atoms with Crippen molar-refractivity contribution >= 4 is 5.91 Å². The maximum absolute atomic E-state index is 12.3. The van der Waals surface area contributed by atoms with Crippen LogP contribution in [0, 0.1) is 11.8 Å². The maximum atomic E-state index is 12.3. The third-order valence-corrected chi connectivity index (χ3v) is 4.89. The molecule has 2 fully saturated rings. The van der Waals surface area contributed by atoms with Gasteiger partial charge in [-0.2, -0.15) is 0 Å². The Morgan fingerprint density at radius 3 is 2.35 bits per heavy atom. The minimum Gasteiger partial charge on any atom is -0.354 e. The molecule has 0 aromatic carbocycles. The molecule has 1 N–H and O–H groups in total. The molecule has 1 saturated heterocycles. The zero-order chi connectivity index (χ0) is 14.4. The van der Waals surface area contributed by atoms with E-state index in [1.165, 1.54) is 51.6 Å². The second-order valence-electron chi connectivity index (χ2n) is 7.11. The van der Waals surface area contributed by atoms with E-state index >= 15 is 0 Å². The lowest BCUT2D eigenvalue weighted by atomic mass is 9.88. The lowest BCUT2D eigenvalue weighted by Gasteiger charge is -2.30. The van der Waals surface area contributed by atoms with Crippen LogP contribution in [-0.2, 0) is 4.79 Å². The summed E-state index contributed by atoms with van der Waals surface area (Å²) in [7, 11) is 0. The predicted octanol–water partition coefficient (Wildman–Crippen LogP) is 3.19. The molecule has 1 heterocycles. The molecular formula is C17H32N2O. The van der Waals surface area contributed by atoms with Gasteiger partial charge in [0, 0.05) is 18.5 Å². The highest BCUT2D eigenvalue weighted by atomic mass is 16.1. The van der Waals surface area contributed by atoms with E-state index in [1.807, 2.05) is 0 Å². The lowest BCUT2D eigenvalue weighted by Crippen LogP contribution is -2.45. The summed E-state index contributed by atoms with van der Waals surface area (Å²) in [5, 5.41) is 3.25. The van der Waals surface area contributed by atoms with E-state index in [1.54, 1.807) is 0 Å². The molecular weight excluding hydrogens is 248 g/mol. The smallest absolute Gasteiger partial charge is 0.223 e. The first-order valence-electron chi connectivity index (χ1n) is 8.68. The Kier molecular flexibility index (Phi) is 6.34. The topological polar surface area (TPSA) is 32.3 Å². The highest BCUT2D eigenvalue weighted by Gasteiger charge is 2.25. The number of likely N-dealkylation sites (tertiary alicyclic amines) is 1. The molecule has 1 unspecified atom stereocenters. The Morgan fingerprint density at radius 1 is 1.10 bits per heavy atom. The fourth-order valence-electron chi connectivity index (χ4n) is 3.74. The highest BCUT2D eigenvalue weighted by Crippen LogP contribution is 2.24. The van der Waals surface area contributed by atoms with Crippen LogP contribution in [0.3, 0.4) is 0 Å². The molecule has 0 bridgehead atoms. The molecule has 0 spiro atoms. The summed E-state index contributed by atoms with van der Waals surface area (Å²) in [5.41, 5.74) is 0. The maximum Gasteiger partial charge on any atom is 0.223 e. The molecule has 1 atom stereocenters. The molecule has 1 aliphatic heterocycles. The Labute approximate surface area is 124 Å². The van der Waals surface area contributed by atoms with Gasteiger partial charge in [-0.1, -0.05) is 33.1 Å². The fourth-order valence-corrected chi connectivity index (χ4v) is 3.74. The van der Waals surface area contributed by atoms with Gasteiger partial charge in [0.05, 0.1) is 0 Å². The van der Waals surface area contributed by atoms with Crippen LogP contribution in [0.4, 0.5) is 0 Å². The zero-order valence-electron chi connectivity index (χ0n) is 13.4. The van der Waals surface area contributed by atoms with Gasteiger partial charge < -0.3 is 5.32 Å². The summed E-state index contributed by atoms with van der Waals surface area (Å²) < 4.78 is 0. The molecule has 1 amide bonds. The third kappa shape index (κ3) is 4.76. The van der Waals surface area contributed by atoms with Crippen LogP contribution < -0.4 is 5.32 Å². The van der Waals surface area contributed by atoms with Gasteiger partial charge in [0.1, 0.15) is 0 Å². The van der Waals surface area contributed by atoms with Gasteiger partial charge in [-0.15, -0.1) is 0 Å². The van der Waals surface area contributed by atoms with Crippen molar-refractivity contribution in [3.05, 3.63) is 0 Å². The minimum absolute atomic E-state index is 0.294. The van der Waals surface area contributed by atoms with Crippen LogP contribution in [0.25, 0.3) is 0 Å². The van der Waals surface area contributed by atoms with Gasteiger partial charge in [0.15, 0.2) is 0 Å². The third-order valence-electron chi connectivity index (χ3n) is 4.89. The van der Waals surface area contributed by atoms with Crippen LogP contribution in [0.2, 0.25) is 0 Å². The molecule has 1 aliphatic carbocycles. The van der Waals surface area contributed by atoms with Gasteiger partial charge in [-0.25, -0.2) is 0 Å². The van der Waals surface area contributed by atoms with Crippen LogP contribution in [0.5, 0.6) is 0 Å². The predicted molar refractivity (Wildman–Crippen MR) is 83.6 cm³/mol. The molecule has 20 heavy (non-hydrogen) atoms. The number of nitrogens with zero attached hydrogens (tertiary/aromatic N) is 1. The normalized spacial score (nSPS) is 23.1. The number of hydrogen-bond acceptors (Lipinski definition) is 2.